The van der Waals surface area contributed by atoms with E-state index < -0.39 is 40.0 Å². The number of carbonyl (C=O) groups excluding carboxylic acids is 2. The molecule has 0 aliphatic rings. The van der Waals surface area contributed by atoms with Gasteiger partial charge in [-0.05, 0) is 88.7 Å². The molecule has 244 valence electrons. The Hall–Kier alpha value is -3.67. The van der Waals surface area contributed by atoms with Gasteiger partial charge in [0.05, 0.1) is 31.4 Å². The number of halogens is 2. The van der Waals surface area contributed by atoms with Gasteiger partial charge >= 0.3 is 0 Å². The van der Waals surface area contributed by atoms with Crippen molar-refractivity contribution in [2.45, 2.75) is 57.6 Å². The summed E-state index contributed by atoms with van der Waals surface area (Å²) in [6, 6.07) is 14.3. The Kier molecular flexibility index (Phi) is 12.0. The highest BCUT2D eigenvalue weighted by atomic mass is 35.5. The predicted molar refractivity (Wildman–Crippen MR) is 176 cm³/mol. The van der Waals surface area contributed by atoms with E-state index in [-0.39, 0.29) is 22.9 Å². The SMILES string of the molecule is CCOc1ccc(N(CC(=O)N(Cc2ccc(Cl)cc2Cl)[C@@H](C)C(=O)NC(C)(C)C)S(=O)(=O)c2ccc(OC)c(OC)c2)cc1. The maximum Gasteiger partial charge on any atom is 0.264 e. The summed E-state index contributed by atoms with van der Waals surface area (Å²) in [5.41, 5.74) is 0.154. The fourth-order valence-electron chi connectivity index (χ4n) is 4.40. The van der Waals surface area contributed by atoms with Crippen molar-refractivity contribution in [1.82, 2.24) is 10.2 Å². The minimum absolute atomic E-state index is 0.0823. The normalized spacial score (nSPS) is 12.2. The molecular weight excluding hydrogens is 641 g/mol. The number of anilines is 1. The minimum atomic E-state index is -4.36. The van der Waals surface area contributed by atoms with Crippen molar-refractivity contribution in [2.24, 2.45) is 0 Å². The van der Waals surface area contributed by atoms with E-state index in [1.807, 2.05) is 27.7 Å². The van der Waals surface area contributed by atoms with Gasteiger partial charge in [0.1, 0.15) is 18.3 Å². The molecule has 0 aromatic heterocycles. The molecule has 45 heavy (non-hydrogen) atoms. The van der Waals surface area contributed by atoms with Gasteiger partial charge in [-0.3, -0.25) is 13.9 Å². The number of sulfonamides is 1. The number of amides is 2. The first-order valence-corrected chi connectivity index (χ1v) is 16.3. The molecule has 3 aromatic carbocycles. The third-order valence-electron chi connectivity index (χ3n) is 6.68. The number of benzene rings is 3. The number of rotatable bonds is 13. The van der Waals surface area contributed by atoms with Gasteiger partial charge in [-0.1, -0.05) is 29.3 Å². The van der Waals surface area contributed by atoms with Crippen LogP contribution in [-0.4, -0.2) is 64.1 Å². The lowest BCUT2D eigenvalue weighted by Gasteiger charge is -2.33. The van der Waals surface area contributed by atoms with Gasteiger partial charge in [-0.25, -0.2) is 8.42 Å². The molecule has 3 aromatic rings. The molecule has 0 bridgehead atoms. The molecule has 0 radical (unpaired) electrons. The molecule has 13 heteroatoms. The van der Waals surface area contributed by atoms with Crippen LogP contribution in [0.2, 0.25) is 10.0 Å². The van der Waals surface area contributed by atoms with E-state index in [1.54, 1.807) is 43.3 Å². The van der Waals surface area contributed by atoms with Crippen molar-refractivity contribution >= 4 is 50.7 Å². The summed E-state index contributed by atoms with van der Waals surface area (Å²) in [5, 5.41) is 3.59. The first-order chi connectivity index (χ1) is 21.1. The van der Waals surface area contributed by atoms with Gasteiger partial charge in [0, 0.05) is 28.2 Å². The molecule has 2 amide bonds. The van der Waals surface area contributed by atoms with E-state index in [1.165, 1.54) is 43.4 Å². The minimum Gasteiger partial charge on any atom is -0.494 e. The highest BCUT2D eigenvalue weighted by molar-refractivity contribution is 7.92. The summed E-state index contributed by atoms with van der Waals surface area (Å²) in [7, 11) is -1.53. The first-order valence-electron chi connectivity index (χ1n) is 14.1. The Morgan fingerprint density at radius 2 is 1.58 bits per heavy atom. The maximum absolute atomic E-state index is 14.2. The number of carbonyl (C=O) groups is 2. The molecule has 0 fully saturated rings. The zero-order valence-electron chi connectivity index (χ0n) is 26.4. The quantitative estimate of drug-likeness (QED) is 0.238. The molecule has 0 saturated carbocycles. The Bertz CT molecular complexity index is 1610. The lowest BCUT2D eigenvalue weighted by Crippen LogP contribution is -2.54. The van der Waals surface area contributed by atoms with E-state index >= 15 is 0 Å². The van der Waals surface area contributed by atoms with E-state index in [0.29, 0.717) is 33.7 Å². The fraction of sp³-hybridized carbons (Fsp3) is 0.375. The maximum atomic E-state index is 14.2. The van der Waals surface area contributed by atoms with Crippen molar-refractivity contribution in [3.05, 3.63) is 76.3 Å². The molecule has 0 unspecified atom stereocenters. The zero-order valence-corrected chi connectivity index (χ0v) is 28.7. The fourth-order valence-corrected chi connectivity index (χ4v) is 6.30. The van der Waals surface area contributed by atoms with Crippen LogP contribution in [0.1, 0.15) is 40.2 Å². The second-order valence-electron chi connectivity index (χ2n) is 11.1. The molecule has 0 heterocycles. The molecule has 0 spiro atoms. The lowest BCUT2D eigenvalue weighted by molar-refractivity contribution is -0.140. The molecule has 1 atom stereocenters. The average molecular weight is 681 g/mol. The molecule has 0 aliphatic heterocycles. The van der Waals surface area contributed by atoms with Crippen LogP contribution in [-0.2, 0) is 26.2 Å². The Morgan fingerprint density at radius 1 is 0.933 bits per heavy atom. The standard InChI is InChI=1S/C32H39Cl2N3O7S/c1-8-44-25-13-11-24(12-14-25)37(45(40,41)26-15-16-28(42-6)29(18-26)43-7)20-30(38)36(21(2)31(39)35-32(3,4)5)19-22-9-10-23(33)17-27(22)34/h9-18,21H,8,19-20H2,1-7H3,(H,35,39)/t21-/m0/s1. The monoisotopic (exact) mass is 679 g/mol. The highest BCUT2D eigenvalue weighted by Crippen LogP contribution is 2.33. The van der Waals surface area contributed by atoms with Gasteiger partial charge < -0.3 is 24.4 Å². The number of hydrogen-bond donors (Lipinski definition) is 1. The summed E-state index contributed by atoms with van der Waals surface area (Å²) in [6.07, 6.45) is 0. The third kappa shape index (κ3) is 9.18. The van der Waals surface area contributed by atoms with Crippen LogP contribution < -0.4 is 23.8 Å². The van der Waals surface area contributed by atoms with Crippen LogP contribution in [0.3, 0.4) is 0 Å². The highest BCUT2D eigenvalue weighted by Gasteiger charge is 2.34. The van der Waals surface area contributed by atoms with Crippen LogP contribution in [0.15, 0.2) is 65.6 Å². The second-order valence-corrected chi connectivity index (χ2v) is 13.8. The summed E-state index contributed by atoms with van der Waals surface area (Å²) in [4.78, 5) is 28.7. The first kappa shape index (κ1) is 35.8. The summed E-state index contributed by atoms with van der Waals surface area (Å²) < 4.78 is 45.6. The molecule has 0 saturated heterocycles. The van der Waals surface area contributed by atoms with Crippen molar-refractivity contribution in [3.8, 4) is 17.2 Å². The van der Waals surface area contributed by atoms with Gasteiger partial charge in [-0.2, -0.15) is 0 Å². The van der Waals surface area contributed by atoms with Crippen LogP contribution in [0.5, 0.6) is 17.2 Å². The van der Waals surface area contributed by atoms with Crippen molar-refractivity contribution < 1.29 is 32.2 Å². The predicted octanol–water partition coefficient (Wildman–Crippen LogP) is 5.94. The van der Waals surface area contributed by atoms with Crippen molar-refractivity contribution in [1.29, 1.82) is 0 Å². The molecule has 1 N–H and O–H groups in total. The largest absolute Gasteiger partial charge is 0.494 e. The topological polar surface area (TPSA) is 114 Å². The van der Waals surface area contributed by atoms with E-state index in [9.17, 15) is 18.0 Å². The Morgan fingerprint density at radius 3 is 2.13 bits per heavy atom. The summed E-state index contributed by atoms with van der Waals surface area (Å²) >= 11 is 12.5. The molecular formula is C32H39Cl2N3O7S. The molecule has 3 rings (SSSR count). The lowest BCUT2D eigenvalue weighted by atomic mass is 10.1. The van der Waals surface area contributed by atoms with Gasteiger partial charge in [0.25, 0.3) is 10.0 Å². The van der Waals surface area contributed by atoms with Crippen molar-refractivity contribution in [2.75, 3.05) is 31.7 Å². The zero-order chi connectivity index (χ0) is 33.5. The molecule has 10 nitrogen and oxygen atoms in total. The van der Waals surface area contributed by atoms with Gasteiger partial charge in [0.2, 0.25) is 11.8 Å². The second kappa shape index (κ2) is 15.1. The summed E-state index contributed by atoms with van der Waals surface area (Å²) in [6.45, 7) is 8.58. The summed E-state index contributed by atoms with van der Waals surface area (Å²) in [5.74, 6) is 0.00204. The van der Waals surface area contributed by atoms with E-state index in [2.05, 4.69) is 5.32 Å². The smallest absolute Gasteiger partial charge is 0.264 e. The van der Waals surface area contributed by atoms with Crippen LogP contribution in [0.4, 0.5) is 5.69 Å². The third-order valence-corrected chi connectivity index (χ3v) is 9.04. The van der Waals surface area contributed by atoms with Crippen LogP contribution >= 0.6 is 23.2 Å². The van der Waals surface area contributed by atoms with Crippen LogP contribution in [0.25, 0.3) is 0 Å². The average Bonchev–Trinajstić information content (AvgIpc) is 2.98. The number of methoxy groups -OCH3 is 2. The number of ether oxygens (including phenoxy) is 3. The van der Waals surface area contributed by atoms with E-state index in [0.717, 1.165) is 4.31 Å². The number of hydrogen-bond acceptors (Lipinski definition) is 7. The van der Waals surface area contributed by atoms with Crippen molar-refractivity contribution in [3.63, 3.8) is 0 Å². The Labute approximate surface area is 275 Å². The Balaban J connectivity index is 2.11. The number of nitrogens with one attached hydrogen (secondary N) is 1. The number of nitrogens with zero attached hydrogens (tertiary/aromatic N) is 2. The molecule has 0 aliphatic carbocycles. The van der Waals surface area contributed by atoms with E-state index in [4.69, 9.17) is 37.4 Å². The van der Waals surface area contributed by atoms with Crippen LogP contribution in [0, 0.1) is 0 Å². The van der Waals surface area contributed by atoms with Gasteiger partial charge in [-0.15, -0.1) is 0 Å². The van der Waals surface area contributed by atoms with Gasteiger partial charge in [0.15, 0.2) is 11.5 Å².